The van der Waals surface area contributed by atoms with Crippen molar-refractivity contribution in [2.75, 3.05) is 7.05 Å². The van der Waals surface area contributed by atoms with Crippen LogP contribution in [0.1, 0.15) is 47.1 Å². The summed E-state index contributed by atoms with van der Waals surface area (Å²) in [6, 6.07) is 9.70. The van der Waals surface area contributed by atoms with Crippen LogP contribution in [-0.2, 0) is 14.9 Å². The van der Waals surface area contributed by atoms with Crippen LogP contribution in [0.2, 0.25) is 0 Å². The molecule has 1 atom stereocenters. The van der Waals surface area contributed by atoms with Crippen LogP contribution in [0.5, 0.6) is 0 Å². The summed E-state index contributed by atoms with van der Waals surface area (Å²) in [6.07, 6.45) is 0.315. The van der Waals surface area contributed by atoms with Crippen molar-refractivity contribution in [2.24, 2.45) is 0 Å². The zero-order chi connectivity index (χ0) is 17.2. The minimum absolute atomic E-state index is 0.508. The first kappa shape index (κ1) is 18.2. The SMILES string of the molecule is CN(C(=O)OC(C)(C)C)C(C)(C=O)C(C)(C)c1ccccc1. The highest BCUT2D eigenvalue weighted by molar-refractivity contribution is 5.78. The number of amides is 1. The van der Waals surface area contributed by atoms with Gasteiger partial charge in [0.05, 0.1) is 0 Å². The Balaban J connectivity index is 3.20. The average molecular weight is 305 g/mol. The lowest BCUT2D eigenvalue weighted by Crippen LogP contribution is -2.60. The van der Waals surface area contributed by atoms with Gasteiger partial charge in [0, 0.05) is 12.5 Å². The van der Waals surface area contributed by atoms with Crippen LogP contribution in [0.3, 0.4) is 0 Å². The molecule has 4 nitrogen and oxygen atoms in total. The molecule has 0 aliphatic heterocycles. The van der Waals surface area contributed by atoms with E-state index in [1.54, 1.807) is 34.7 Å². The van der Waals surface area contributed by atoms with Crippen molar-refractivity contribution in [3.63, 3.8) is 0 Å². The largest absolute Gasteiger partial charge is 0.444 e. The van der Waals surface area contributed by atoms with Crippen LogP contribution in [0, 0.1) is 0 Å². The van der Waals surface area contributed by atoms with E-state index < -0.39 is 22.6 Å². The van der Waals surface area contributed by atoms with E-state index in [2.05, 4.69) is 0 Å². The Morgan fingerprint density at radius 1 is 1.05 bits per heavy atom. The molecule has 1 aromatic rings. The number of likely N-dealkylation sites (N-methyl/N-ethyl adjacent to an activating group) is 1. The van der Waals surface area contributed by atoms with E-state index in [0.717, 1.165) is 11.8 Å². The molecule has 0 aliphatic rings. The van der Waals surface area contributed by atoms with Gasteiger partial charge in [-0.15, -0.1) is 0 Å². The van der Waals surface area contributed by atoms with Gasteiger partial charge in [-0.25, -0.2) is 4.79 Å². The third-order valence-corrected chi connectivity index (χ3v) is 4.35. The Morgan fingerprint density at radius 2 is 1.55 bits per heavy atom. The molecule has 1 amide bonds. The summed E-state index contributed by atoms with van der Waals surface area (Å²) < 4.78 is 5.41. The summed E-state index contributed by atoms with van der Waals surface area (Å²) in [7, 11) is 1.60. The molecule has 1 rings (SSSR count). The molecule has 1 unspecified atom stereocenters. The van der Waals surface area contributed by atoms with Gasteiger partial charge in [-0.1, -0.05) is 44.2 Å². The number of hydrogen-bond acceptors (Lipinski definition) is 3. The van der Waals surface area contributed by atoms with E-state index in [1.165, 1.54) is 4.90 Å². The van der Waals surface area contributed by atoms with Gasteiger partial charge in [0.1, 0.15) is 17.4 Å². The molecule has 0 fully saturated rings. The fourth-order valence-corrected chi connectivity index (χ4v) is 2.31. The number of rotatable bonds is 4. The molecule has 0 radical (unpaired) electrons. The van der Waals surface area contributed by atoms with E-state index in [9.17, 15) is 9.59 Å². The zero-order valence-electron chi connectivity index (χ0n) is 14.6. The van der Waals surface area contributed by atoms with Gasteiger partial charge in [0.25, 0.3) is 0 Å². The molecule has 0 saturated carbocycles. The molecule has 0 heterocycles. The zero-order valence-corrected chi connectivity index (χ0v) is 14.6. The normalized spacial score (nSPS) is 14.9. The highest BCUT2D eigenvalue weighted by Gasteiger charge is 2.48. The van der Waals surface area contributed by atoms with Gasteiger partial charge >= 0.3 is 6.09 Å². The molecule has 122 valence electrons. The minimum atomic E-state index is -1.03. The lowest BCUT2D eigenvalue weighted by molar-refractivity contribution is -0.120. The summed E-state index contributed by atoms with van der Waals surface area (Å²) in [4.78, 5) is 25.7. The molecule has 0 saturated heterocycles. The van der Waals surface area contributed by atoms with Crippen LogP contribution in [0.4, 0.5) is 4.79 Å². The number of carbonyl (C=O) groups is 2. The Hall–Kier alpha value is -1.84. The van der Waals surface area contributed by atoms with Gasteiger partial charge in [-0.2, -0.15) is 0 Å². The molecular formula is C18H27NO3. The molecule has 1 aromatic carbocycles. The Bertz CT molecular complexity index is 531. The number of hydrogen-bond donors (Lipinski definition) is 0. The maximum Gasteiger partial charge on any atom is 0.410 e. The summed E-state index contributed by atoms with van der Waals surface area (Å²) in [5, 5.41) is 0. The monoisotopic (exact) mass is 305 g/mol. The second kappa shape index (κ2) is 6.11. The van der Waals surface area contributed by atoms with Crippen molar-refractivity contribution in [3.05, 3.63) is 35.9 Å². The smallest absolute Gasteiger partial charge is 0.410 e. The van der Waals surface area contributed by atoms with Crippen molar-refractivity contribution < 1.29 is 14.3 Å². The summed E-state index contributed by atoms with van der Waals surface area (Å²) in [5.41, 5.74) is -1.22. The molecule has 0 aliphatic carbocycles. The fraction of sp³-hybridized carbons (Fsp3) is 0.556. The van der Waals surface area contributed by atoms with Gasteiger partial charge in [0.2, 0.25) is 0 Å². The van der Waals surface area contributed by atoms with Gasteiger partial charge in [-0.3, -0.25) is 4.90 Å². The summed E-state index contributed by atoms with van der Waals surface area (Å²) >= 11 is 0. The van der Waals surface area contributed by atoms with Gasteiger partial charge in [0.15, 0.2) is 0 Å². The van der Waals surface area contributed by atoms with E-state index in [1.807, 2.05) is 44.2 Å². The molecule has 22 heavy (non-hydrogen) atoms. The fourth-order valence-electron chi connectivity index (χ4n) is 2.31. The molecule has 0 spiro atoms. The highest BCUT2D eigenvalue weighted by Crippen LogP contribution is 2.37. The Kier molecular flexibility index (Phi) is 5.06. The standard InChI is InChI=1S/C18H27NO3/c1-16(2,3)22-15(21)19(7)18(6,13-20)17(4,5)14-11-9-8-10-12-14/h8-13H,1-7H3. The van der Waals surface area contributed by atoms with E-state index in [4.69, 9.17) is 4.74 Å². The summed E-state index contributed by atoms with van der Waals surface area (Å²) in [5.74, 6) is 0. The second-order valence-corrected chi connectivity index (χ2v) is 7.30. The van der Waals surface area contributed by atoms with Crippen LogP contribution in [-0.4, -0.2) is 35.5 Å². The minimum Gasteiger partial charge on any atom is -0.444 e. The maximum absolute atomic E-state index is 12.4. The topological polar surface area (TPSA) is 46.6 Å². The third kappa shape index (κ3) is 3.49. The van der Waals surface area contributed by atoms with E-state index in [0.29, 0.717) is 0 Å². The van der Waals surface area contributed by atoms with Crippen LogP contribution >= 0.6 is 0 Å². The van der Waals surface area contributed by atoms with E-state index in [-0.39, 0.29) is 0 Å². The van der Waals surface area contributed by atoms with Crippen molar-refractivity contribution in [3.8, 4) is 0 Å². The lowest BCUT2D eigenvalue weighted by atomic mass is 9.68. The Labute approximate surface area is 133 Å². The maximum atomic E-state index is 12.4. The average Bonchev–Trinajstić information content (AvgIpc) is 2.44. The first-order valence-electron chi connectivity index (χ1n) is 7.44. The molecule has 0 N–H and O–H groups in total. The van der Waals surface area contributed by atoms with Crippen LogP contribution in [0.15, 0.2) is 30.3 Å². The first-order valence-corrected chi connectivity index (χ1v) is 7.44. The molecular weight excluding hydrogens is 278 g/mol. The number of nitrogens with zero attached hydrogens (tertiary/aromatic N) is 1. The number of ether oxygens (including phenoxy) is 1. The second-order valence-electron chi connectivity index (χ2n) is 7.30. The number of benzene rings is 1. The molecule has 0 aromatic heterocycles. The number of carbonyl (C=O) groups excluding carboxylic acids is 2. The van der Waals surface area contributed by atoms with Crippen LogP contribution in [0.25, 0.3) is 0 Å². The molecule has 4 heteroatoms. The highest BCUT2D eigenvalue weighted by atomic mass is 16.6. The number of aldehydes is 1. The summed E-state index contributed by atoms with van der Waals surface area (Å²) in [6.45, 7) is 11.1. The van der Waals surface area contributed by atoms with Gasteiger partial charge in [-0.05, 0) is 33.3 Å². The van der Waals surface area contributed by atoms with Crippen molar-refractivity contribution >= 4 is 12.4 Å². The predicted molar refractivity (Wildman–Crippen MR) is 87.9 cm³/mol. The lowest BCUT2D eigenvalue weighted by Gasteiger charge is -2.46. The quantitative estimate of drug-likeness (QED) is 0.795. The molecule has 0 bridgehead atoms. The predicted octanol–water partition coefficient (Wildman–Crippen LogP) is 3.79. The van der Waals surface area contributed by atoms with Crippen LogP contribution < -0.4 is 0 Å². The van der Waals surface area contributed by atoms with Crippen molar-refractivity contribution in [1.82, 2.24) is 4.90 Å². The first-order chi connectivity index (χ1) is 9.95. The van der Waals surface area contributed by atoms with E-state index >= 15 is 0 Å². The van der Waals surface area contributed by atoms with Crippen molar-refractivity contribution in [1.29, 1.82) is 0 Å². The third-order valence-electron chi connectivity index (χ3n) is 4.35. The van der Waals surface area contributed by atoms with Gasteiger partial charge < -0.3 is 9.53 Å². The Morgan fingerprint density at radius 3 is 1.95 bits per heavy atom. The van der Waals surface area contributed by atoms with Crippen molar-refractivity contribution in [2.45, 2.75) is 58.1 Å².